The van der Waals surface area contributed by atoms with Crippen molar-refractivity contribution >= 4 is 11.9 Å². The van der Waals surface area contributed by atoms with Gasteiger partial charge in [-0.1, -0.05) is 29.8 Å². The second-order valence-electron chi connectivity index (χ2n) is 6.15. The lowest BCUT2D eigenvalue weighted by molar-refractivity contribution is -0.115. The van der Waals surface area contributed by atoms with Crippen molar-refractivity contribution in [3.05, 3.63) is 41.2 Å². The van der Waals surface area contributed by atoms with Gasteiger partial charge in [0.25, 0.3) is 0 Å². The predicted molar refractivity (Wildman–Crippen MR) is 89.4 cm³/mol. The second-order valence-corrected chi connectivity index (χ2v) is 6.15. The number of carbonyl (C=O) groups excluding carboxylic acids is 1. The van der Waals surface area contributed by atoms with Crippen molar-refractivity contribution in [1.29, 1.82) is 0 Å². The first-order chi connectivity index (χ1) is 11.1. The van der Waals surface area contributed by atoms with Crippen molar-refractivity contribution in [2.75, 3.05) is 18.4 Å². The minimum atomic E-state index is -0.0683. The average molecular weight is 313 g/mol. The summed E-state index contributed by atoms with van der Waals surface area (Å²) < 4.78 is 1.66. The Kier molecular flexibility index (Phi) is 4.71. The minimum absolute atomic E-state index is 0.0683. The predicted octanol–water partition coefficient (Wildman–Crippen LogP) is 1.77. The van der Waals surface area contributed by atoms with Crippen LogP contribution in [0.5, 0.6) is 0 Å². The Labute approximate surface area is 136 Å². The fraction of sp³-hybridized carbons (Fsp3) is 0.471. The van der Waals surface area contributed by atoms with Crippen LogP contribution < -0.4 is 10.6 Å². The van der Waals surface area contributed by atoms with Crippen LogP contribution in [0.1, 0.15) is 35.7 Å². The van der Waals surface area contributed by atoms with E-state index in [9.17, 15) is 4.79 Å². The molecule has 3 rings (SSSR count). The van der Waals surface area contributed by atoms with E-state index in [0.29, 0.717) is 18.3 Å². The second kappa shape index (κ2) is 6.91. The first kappa shape index (κ1) is 15.7. The molecule has 2 aromatic rings. The van der Waals surface area contributed by atoms with Crippen LogP contribution in [0.25, 0.3) is 0 Å². The number of aromatic nitrogens is 3. The third-order valence-corrected chi connectivity index (χ3v) is 4.22. The summed E-state index contributed by atoms with van der Waals surface area (Å²) in [6, 6.07) is 7.98. The summed E-state index contributed by atoms with van der Waals surface area (Å²) in [5, 5.41) is 10.7. The van der Waals surface area contributed by atoms with Gasteiger partial charge < -0.3 is 5.32 Å². The van der Waals surface area contributed by atoms with E-state index in [1.807, 2.05) is 38.2 Å². The monoisotopic (exact) mass is 313 g/mol. The molecule has 0 radical (unpaired) electrons. The molecule has 6 heteroatoms. The number of nitrogens with zero attached hydrogens (tertiary/aromatic N) is 3. The van der Waals surface area contributed by atoms with Gasteiger partial charge in [-0.15, -0.1) is 0 Å². The molecule has 1 aliphatic rings. The highest BCUT2D eigenvalue weighted by molar-refractivity contribution is 5.90. The van der Waals surface area contributed by atoms with Crippen molar-refractivity contribution in [2.24, 2.45) is 7.05 Å². The van der Waals surface area contributed by atoms with Crippen LogP contribution in [0.15, 0.2) is 24.3 Å². The van der Waals surface area contributed by atoms with Gasteiger partial charge in [0.05, 0.1) is 6.42 Å². The zero-order valence-corrected chi connectivity index (χ0v) is 13.7. The van der Waals surface area contributed by atoms with Gasteiger partial charge >= 0.3 is 0 Å². The molecule has 2 N–H and O–H groups in total. The molecule has 122 valence electrons. The van der Waals surface area contributed by atoms with Gasteiger partial charge in [0.15, 0.2) is 5.82 Å². The third kappa shape index (κ3) is 3.96. The molecule has 1 amide bonds. The number of anilines is 1. The van der Waals surface area contributed by atoms with Gasteiger partial charge in [-0.25, -0.2) is 4.68 Å². The van der Waals surface area contributed by atoms with Crippen LogP contribution in [0.2, 0.25) is 0 Å². The first-order valence-electron chi connectivity index (χ1n) is 8.09. The van der Waals surface area contributed by atoms with Crippen LogP contribution in [-0.2, 0) is 18.3 Å². The standard InChI is InChI=1S/C17H23N5O/c1-12-3-5-13(6-4-12)11-15(23)19-17-20-16(21-22(17)2)14-7-9-18-10-8-14/h3-6,14,18H,7-11H2,1-2H3,(H,19,20,21,23). The molecule has 0 spiro atoms. The number of nitrogens with one attached hydrogen (secondary N) is 2. The maximum atomic E-state index is 12.2. The van der Waals surface area contributed by atoms with E-state index in [1.165, 1.54) is 5.56 Å². The first-order valence-corrected chi connectivity index (χ1v) is 8.09. The van der Waals surface area contributed by atoms with Crippen LogP contribution in [0.4, 0.5) is 5.95 Å². The molecule has 1 aromatic carbocycles. The van der Waals surface area contributed by atoms with Crippen molar-refractivity contribution < 1.29 is 4.79 Å². The molecule has 2 heterocycles. The van der Waals surface area contributed by atoms with Gasteiger partial charge in [-0.3, -0.25) is 10.1 Å². The molecule has 1 aromatic heterocycles. The zero-order chi connectivity index (χ0) is 16.2. The van der Waals surface area contributed by atoms with Gasteiger partial charge in [-0.05, 0) is 38.4 Å². The fourth-order valence-electron chi connectivity index (χ4n) is 2.83. The number of rotatable bonds is 4. The van der Waals surface area contributed by atoms with Crippen molar-refractivity contribution in [3.63, 3.8) is 0 Å². The summed E-state index contributed by atoms with van der Waals surface area (Å²) >= 11 is 0. The number of aryl methyl sites for hydroxylation is 2. The summed E-state index contributed by atoms with van der Waals surface area (Å²) in [7, 11) is 1.82. The number of hydrogen-bond donors (Lipinski definition) is 2. The SMILES string of the molecule is Cc1ccc(CC(=O)Nc2nc(C3CCNCC3)nn2C)cc1. The quantitative estimate of drug-likeness (QED) is 0.902. The van der Waals surface area contributed by atoms with Crippen molar-refractivity contribution in [1.82, 2.24) is 20.1 Å². The summed E-state index contributed by atoms with van der Waals surface area (Å²) in [5.41, 5.74) is 2.18. The van der Waals surface area contributed by atoms with Crippen LogP contribution in [0, 0.1) is 6.92 Å². The molecule has 0 unspecified atom stereocenters. The maximum Gasteiger partial charge on any atom is 0.231 e. The molecule has 0 saturated carbocycles. The lowest BCUT2D eigenvalue weighted by Crippen LogP contribution is -2.27. The maximum absolute atomic E-state index is 12.2. The Morgan fingerprint density at radius 2 is 2.00 bits per heavy atom. The highest BCUT2D eigenvalue weighted by Gasteiger charge is 2.21. The van der Waals surface area contributed by atoms with E-state index in [0.717, 1.165) is 37.3 Å². The molecule has 0 bridgehead atoms. The Balaban J connectivity index is 1.63. The molecular formula is C17H23N5O. The fourth-order valence-corrected chi connectivity index (χ4v) is 2.83. The van der Waals surface area contributed by atoms with Crippen molar-refractivity contribution in [2.45, 2.75) is 32.1 Å². The molecular weight excluding hydrogens is 290 g/mol. The van der Waals surface area contributed by atoms with Crippen molar-refractivity contribution in [3.8, 4) is 0 Å². The van der Waals surface area contributed by atoms with Crippen LogP contribution in [-0.4, -0.2) is 33.8 Å². The molecule has 6 nitrogen and oxygen atoms in total. The smallest absolute Gasteiger partial charge is 0.231 e. The number of carbonyl (C=O) groups is 1. The minimum Gasteiger partial charge on any atom is -0.317 e. The summed E-state index contributed by atoms with van der Waals surface area (Å²) in [6.45, 7) is 4.03. The van der Waals surface area contributed by atoms with Gasteiger partial charge in [0.2, 0.25) is 11.9 Å². The van der Waals surface area contributed by atoms with Gasteiger partial charge in [-0.2, -0.15) is 10.1 Å². The van der Waals surface area contributed by atoms with E-state index >= 15 is 0 Å². The lowest BCUT2D eigenvalue weighted by atomic mass is 9.98. The van der Waals surface area contributed by atoms with E-state index in [1.54, 1.807) is 4.68 Å². The van der Waals surface area contributed by atoms with E-state index in [4.69, 9.17) is 0 Å². The third-order valence-electron chi connectivity index (χ3n) is 4.22. The number of benzene rings is 1. The normalized spacial score (nSPS) is 15.6. The van der Waals surface area contributed by atoms with E-state index in [2.05, 4.69) is 20.7 Å². The summed E-state index contributed by atoms with van der Waals surface area (Å²) in [4.78, 5) is 16.7. The Morgan fingerprint density at radius 1 is 1.30 bits per heavy atom. The molecule has 23 heavy (non-hydrogen) atoms. The number of amides is 1. The van der Waals surface area contributed by atoms with Gasteiger partial charge in [0.1, 0.15) is 0 Å². The van der Waals surface area contributed by atoms with Gasteiger partial charge in [0, 0.05) is 13.0 Å². The molecule has 1 aliphatic heterocycles. The highest BCUT2D eigenvalue weighted by atomic mass is 16.1. The summed E-state index contributed by atoms with van der Waals surface area (Å²) in [5.74, 6) is 1.67. The highest BCUT2D eigenvalue weighted by Crippen LogP contribution is 2.23. The Hall–Kier alpha value is -2.21. The molecule has 1 saturated heterocycles. The average Bonchev–Trinajstić information content (AvgIpc) is 2.91. The molecule has 0 aliphatic carbocycles. The summed E-state index contributed by atoms with van der Waals surface area (Å²) in [6.07, 6.45) is 2.43. The largest absolute Gasteiger partial charge is 0.317 e. The Morgan fingerprint density at radius 3 is 2.70 bits per heavy atom. The van der Waals surface area contributed by atoms with Crippen LogP contribution in [0.3, 0.4) is 0 Å². The zero-order valence-electron chi connectivity index (χ0n) is 13.7. The van der Waals surface area contributed by atoms with Crippen LogP contribution >= 0.6 is 0 Å². The topological polar surface area (TPSA) is 71.8 Å². The molecule has 1 fully saturated rings. The number of hydrogen-bond acceptors (Lipinski definition) is 4. The number of piperidine rings is 1. The lowest BCUT2D eigenvalue weighted by Gasteiger charge is -2.19. The van der Waals surface area contributed by atoms with E-state index in [-0.39, 0.29) is 5.91 Å². The molecule has 0 atom stereocenters. The van der Waals surface area contributed by atoms with E-state index < -0.39 is 0 Å². The Bertz CT molecular complexity index is 671.